The Bertz CT molecular complexity index is 473. The lowest BCUT2D eigenvalue weighted by molar-refractivity contribution is -0.134. The van der Waals surface area contributed by atoms with Crippen molar-refractivity contribution < 1.29 is 4.79 Å². The van der Waals surface area contributed by atoms with E-state index in [1.165, 1.54) is 11.1 Å². The largest absolute Gasteiger partial charge is 0.337 e. The van der Waals surface area contributed by atoms with Gasteiger partial charge >= 0.3 is 0 Å². The molecule has 0 saturated heterocycles. The molecule has 1 aromatic carbocycles. The molecule has 2 rings (SSSR count). The van der Waals surface area contributed by atoms with E-state index in [1.54, 1.807) is 11.8 Å². The molecule has 104 valence electrons. The number of rotatable bonds is 3. The second-order valence-electron chi connectivity index (χ2n) is 5.56. The van der Waals surface area contributed by atoms with E-state index in [0.29, 0.717) is 6.54 Å². The van der Waals surface area contributed by atoms with Gasteiger partial charge in [-0.25, -0.2) is 0 Å². The molecule has 1 aromatic rings. The summed E-state index contributed by atoms with van der Waals surface area (Å²) < 4.78 is -0.228. The molecule has 1 aliphatic heterocycles. The first-order valence-corrected chi connectivity index (χ1v) is 7.84. The number of thioether (sulfide) groups is 1. The minimum atomic E-state index is -0.451. The Hall–Kier alpha value is -1.00. The third-order valence-electron chi connectivity index (χ3n) is 3.98. The normalized spacial score (nSPS) is 16.9. The van der Waals surface area contributed by atoms with Gasteiger partial charge in [0.2, 0.25) is 5.91 Å². The molecule has 1 aliphatic rings. The number of carbonyl (C=O) groups excluding carboxylic acids is 1. The number of fused-ring (bicyclic) bond motifs is 1. The molecular formula is C15H22N2OS. The highest BCUT2D eigenvalue weighted by atomic mass is 32.2. The summed E-state index contributed by atoms with van der Waals surface area (Å²) in [6.07, 6.45) is 2.92. The maximum absolute atomic E-state index is 12.5. The van der Waals surface area contributed by atoms with Crippen LogP contribution in [-0.2, 0) is 17.8 Å². The fraction of sp³-hybridized carbons (Fsp3) is 0.533. The van der Waals surface area contributed by atoms with Gasteiger partial charge in [-0.2, -0.15) is 11.8 Å². The summed E-state index contributed by atoms with van der Waals surface area (Å²) >= 11 is 1.64. The zero-order valence-electron chi connectivity index (χ0n) is 11.8. The molecule has 2 N–H and O–H groups in total. The second kappa shape index (κ2) is 5.55. The van der Waals surface area contributed by atoms with Crippen molar-refractivity contribution in [3.8, 4) is 0 Å². The summed E-state index contributed by atoms with van der Waals surface area (Å²) in [6, 6.07) is 7.87. The van der Waals surface area contributed by atoms with Crippen molar-refractivity contribution in [1.82, 2.24) is 4.90 Å². The maximum atomic E-state index is 12.5. The molecule has 19 heavy (non-hydrogen) atoms. The summed E-state index contributed by atoms with van der Waals surface area (Å²) in [4.78, 5) is 14.4. The fourth-order valence-electron chi connectivity index (χ4n) is 2.30. The SMILES string of the molecule is CSC(C)(C)[C@H](N)C(=O)N1CCc2ccccc2C1. The Balaban J connectivity index is 2.11. The Labute approximate surface area is 119 Å². The molecule has 0 fully saturated rings. The molecule has 4 heteroatoms. The molecule has 0 bridgehead atoms. The van der Waals surface area contributed by atoms with Crippen molar-refractivity contribution in [2.24, 2.45) is 5.73 Å². The van der Waals surface area contributed by atoms with Crippen molar-refractivity contribution in [3.05, 3.63) is 35.4 Å². The van der Waals surface area contributed by atoms with Gasteiger partial charge in [-0.1, -0.05) is 24.3 Å². The average Bonchev–Trinajstić information content (AvgIpc) is 2.45. The van der Waals surface area contributed by atoms with Crippen LogP contribution in [0.15, 0.2) is 24.3 Å². The van der Waals surface area contributed by atoms with Gasteiger partial charge in [0, 0.05) is 17.8 Å². The predicted molar refractivity (Wildman–Crippen MR) is 81.1 cm³/mol. The lowest BCUT2D eigenvalue weighted by Crippen LogP contribution is -2.54. The second-order valence-corrected chi connectivity index (χ2v) is 7.02. The summed E-state index contributed by atoms with van der Waals surface area (Å²) in [5, 5.41) is 0. The molecule has 0 aromatic heterocycles. The highest BCUT2D eigenvalue weighted by molar-refractivity contribution is 8.00. The Morgan fingerprint density at radius 3 is 2.63 bits per heavy atom. The standard InChI is InChI=1S/C15H22N2OS/c1-15(2,19-3)13(16)14(18)17-9-8-11-6-4-5-7-12(11)10-17/h4-7,13H,8-10,16H2,1-3H3/t13-/m1/s1. The van der Waals surface area contributed by atoms with Crippen LogP contribution in [0.2, 0.25) is 0 Å². The number of hydrogen-bond donors (Lipinski definition) is 1. The first kappa shape index (κ1) is 14.4. The first-order chi connectivity index (χ1) is 8.95. The molecular weight excluding hydrogens is 256 g/mol. The van der Waals surface area contributed by atoms with E-state index in [0.717, 1.165) is 13.0 Å². The van der Waals surface area contributed by atoms with Crippen molar-refractivity contribution in [2.75, 3.05) is 12.8 Å². The molecule has 0 spiro atoms. The van der Waals surface area contributed by atoms with Gasteiger partial charge in [0.1, 0.15) is 0 Å². The zero-order chi connectivity index (χ0) is 14.0. The van der Waals surface area contributed by atoms with E-state index in [2.05, 4.69) is 18.2 Å². The third kappa shape index (κ3) is 2.95. The van der Waals surface area contributed by atoms with E-state index in [-0.39, 0.29) is 10.7 Å². The molecule has 1 heterocycles. The first-order valence-electron chi connectivity index (χ1n) is 6.62. The maximum Gasteiger partial charge on any atom is 0.241 e. The number of carbonyl (C=O) groups is 1. The van der Waals surface area contributed by atoms with Crippen LogP contribution in [0.3, 0.4) is 0 Å². The zero-order valence-corrected chi connectivity index (χ0v) is 12.7. The van der Waals surface area contributed by atoms with Gasteiger partial charge in [0.05, 0.1) is 6.04 Å². The highest BCUT2D eigenvalue weighted by Gasteiger charge is 2.35. The summed E-state index contributed by atoms with van der Waals surface area (Å²) in [6.45, 7) is 5.51. The van der Waals surface area contributed by atoms with E-state index in [4.69, 9.17) is 5.73 Å². The summed E-state index contributed by atoms with van der Waals surface area (Å²) in [5.41, 5.74) is 8.74. The van der Waals surface area contributed by atoms with Crippen molar-refractivity contribution >= 4 is 17.7 Å². The third-order valence-corrected chi connectivity index (χ3v) is 5.29. The topological polar surface area (TPSA) is 46.3 Å². The molecule has 0 unspecified atom stereocenters. The molecule has 1 atom stereocenters. The minimum Gasteiger partial charge on any atom is -0.337 e. The highest BCUT2D eigenvalue weighted by Crippen LogP contribution is 2.27. The number of amides is 1. The van der Waals surface area contributed by atoms with Crippen molar-refractivity contribution in [1.29, 1.82) is 0 Å². The van der Waals surface area contributed by atoms with Crippen LogP contribution in [-0.4, -0.2) is 34.4 Å². The van der Waals surface area contributed by atoms with Crippen LogP contribution in [0.4, 0.5) is 0 Å². The Morgan fingerprint density at radius 2 is 2.00 bits per heavy atom. The average molecular weight is 278 g/mol. The van der Waals surface area contributed by atoms with Crippen molar-refractivity contribution in [2.45, 2.75) is 37.6 Å². The smallest absolute Gasteiger partial charge is 0.241 e. The van der Waals surface area contributed by atoms with Gasteiger partial charge in [0.15, 0.2) is 0 Å². The van der Waals surface area contributed by atoms with E-state index < -0.39 is 6.04 Å². The fourth-order valence-corrected chi connectivity index (χ4v) is 2.66. The Morgan fingerprint density at radius 1 is 1.37 bits per heavy atom. The minimum absolute atomic E-state index is 0.0638. The lowest BCUT2D eigenvalue weighted by atomic mass is 9.97. The van der Waals surface area contributed by atoms with Crippen LogP contribution in [0.5, 0.6) is 0 Å². The molecule has 0 aliphatic carbocycles. The number of benzene rings is 1. The van der Waals surface area contributed by atoms with E-state index in [9.17, 15) is 4.79 Å². The van der Waals surface area contributed by atoms with Gasteiger partial charge in [-0.05, 0) is 37.7 Å². The lowest BCUT2D eigenvalue weighted by Gasteiger charge is -2.35. The molecule has 0 saturated carbocycles. The van der Waals surface area contributed by atoms with Gasteiger partial charge in [0.25, 0.3) is 0 Å². The van der Waals surface area contributed by atoms with E-state index >= 15 is 0 Å². The Kier molecular flexibility index (Phi) is 4.21. The molecule has 1 amide bonds. The van der Waals surface area contributed by atoms with Gasteiger partial charge in [-0.3, -0.25) is 4.79 Å². The number of nitrogens with two attached hydrogens (primary N) is 1. The van der Waals surface area contributed by atoms with E-state index in [1.807, 2.05) is 31.1 Å². The summed E-state index contributed by atoms with van der Waals surface area (Å²) in [5.74, 6) is 0.0638. The quantitative estimate of drug-likeness (QED) is 0.920. The van der Waals surface area contributed by atoms with Crippen LogP contribution < -0.4 is 5.73 Å². The van der Waals surface area contributed by atoms with Crippen LogP contribution in [0, 0.1) is 0 Å². The van der Waals surface area contributed by atoms with Gasteiger partial charge in [-0.15, -0.1) is 0 Å². The van der Waals surface area contributed by atoms with Crippen LogP contribution in [0.25, 0.3) is 0 Å². The van der Waals surface area contributed by atoms with Crippen LogP contribution >= 0.6 is 11.8 Å². The van der Waals surface area contributed by atoms with Crippen LogP contribution in [0.1, 0.15) is 25.0 Å². The number of nitrogens with zero attached hydrogens (tertiary/aromatic N) is 1. The molecule has 0 radical (unpaired) electrons. The monoisotopic (exact) mass is 278 g/mol. The number of hydrogen-bond acceptors (Lipinski definition) is 3. The predicted octanol–water partition coefficient (Wildman–Crippen LogP) is 2.04. The van der Waals surface area contributed by atoms with Crippen molar-refractivity contribution in [3.63, 3.8) is 0 Å². The summed E-state index contributed by atoms with van der Waals surface area (Å²) in [7, 11) is 0. The van der Waals surface area contributed by atoms with Gasteiger partial charge < -0.3 is 10.6 Å². The molecule has 3 nitrogen and oxygen atoms in total.